The van der Waals surface area contributed by atoms with Gasteiger partial charge in [0.2, 0.25) is 11.2 Å². The second kappa shape index (κ2) is 5.26. The molecule has 1 spiro atoms. The van der Waals surface area contributed by atoms with Gasteiger partial charge in [-0.05, 0) is 43.6 Å². The molecule has 2 saturated carbocycles. The third-order valence-corrected chi connectivity index (χ3v) is 6.11. The van der Waals surface area contributed by atoms with E-state index in [-0.39, 0.29) is 11.5 Å². The maximum Gasteiger partial charge on any atom is 0.212 e. The van der Waals surface area contributed by atoms with Crippen LogP contribution in [0.3, 0.4) is 0 Å². The van der Waals surface area contributed by atoms with Crippen molar-refractivity contribution in [3.05, 3.63) is 11.1 Å². The number of Topliss-reactive ketones (excluding diaryl/α,β-unsaturated/α-hetero) is 1. The van der Waals surface area contributed by atoms with Crippen LogP contribution in [-0.4, -0.2) is 5.78 Å². The van der Waals surface area contributed by atoms with Crippen molar-refractivity contribution < 1.29 is 4.79 Å². The second-order valence-corrected chi connectivity index (χ2v) is 6.83. The van der Waals surface area contributed by atoms with E-state index < -0.39 is 16.6 Å². The topological polar surface area (TPSA) is 88.4 Å². The molecular formula is C18H19N3O. The largest absolute Gasteiger partial charge is 0.290 e. The molecule has 0 amide bonds. The summed E-state index contributed by atoms with van der Waals surface area (Å²) in [5.74, 6) is -0.455. The number of carbonyl (C=O) groups excluding carboxylic acids is 1. The first-order valence-corrected chi connectivity index (χ1v) is 8.17. The van der Waals surface area contributed by atoms with E-state index in [2.05, 4.69) is 12.1 Å². The lowest BCUT2D eigenvalue weighted by molar-refractivity contribution is -0.130. The Morgan fingerprint density at radius 1 is 0.955 bits per heavy atom. The monoisotopic (exact) mass is 293 g/mol. The Kier molecular flexibility index (Phi) is 3.54. The van der Waals surface area contributed by atoms with Crippen LogP contribution in [0.2, 0.25) is 0 Å². The van der Waals surface area contributed by atoms with Gasteiger partial charge < -0.3 is 0 Å². The lowest BCUT2D eigenvalue weighted by Crippen LogP contribution is -2.56. The average Bonchev–Trinajstić information content (AvgIpc) is 2.58. The molecule has 1 unspecified atom stereocenters. The summed E-state index contributed by atoms with van der Waals surface area (Å²) in [5, 5.41) is 29.1. The Bertz CT molecular complexity index is 648. The molecule has 4 nitrogen and oxygen atoms in total. The minimum Gasteiger partial charge on any atom is -0.290 e. The van der Waals surface area contributed by atoms with Crippen LogP contribution >= 0.6 is 0 Å². The van der Waals surface area contributed by atoms with Gasteiger partial charge in [-0.2, -0.15) is 15.8 Å². The third-order valence-electron chi connectivity index (χ3n) is 6.11. The molecule has 0 heterocycles. The lowest BCUT2D eigenvalue weighted by Gasteiger charge is -2.54. The van der Waals surface area contributed by atoms with Gasteiger partial charge in [0.25, 0.3) is 0 Å². The Morgan fingerprint density at radius 2 is 1.64 bits per heavy atom. The minimum atomic E-state index is -1.66. The predicted molar refractivity (Wildman–Crippen MR) is 78.8 cm³/mol. The van der Waals surface area contributed by atoms with Crippen LogP contribution in [0.4, 0.5) is 0 Å². The van der Waals surface area contributed by atoms with Crippen molar-refractivity contribution in [3.63, 3.8) is 0 Å². The van der Waals surface area contributed by atoms with Crippen molar-refractivity contribution in [1.82, 2.24) is 0 Å². The molecule has 0 radical (unpaired) electrons. The fraction of sp³-hybridized carbons (Fsp3) is 0.667. The molecule has 0 aliphatic heterocycles. The highest BCUT2D eigenvalue weighted by molar-refractivity contribution is 6.09. The smallest absolute Gasteiger partial charge is 0.212 e. The zero-order chi connectivity index (χ0) is 15.8. The van der Waals surface area contributed by atoms with Gasteiger partial charge in [-0.25, -0.2) is 0 Å². The van der Waals surface area contributed by atoms with Crippen LogP contribution in [0.5, 0.6) is 0 Å². The zero-order valence-corrected chi connectivity index (χ0v) is 12.7. The fourth-order valence-corrected chi connectivity index (χ4v) is 5.12. The highest BCUT2D eigenvalue weighted by Gasteiger charge is 2.65. The normalized spacial score (nSPS) is 29.1. The van der Waals surface area contributed by atoms with Gasteiger partial charge >= 0.3 is 0 Å². The zero-order valence-electron chi connectivity index (χ0n) is 12.7. The Labute approximate surface area is 131 Å². The van der Waals surface area contributed by atoms with E-state index in [0.717, 1.165) is 63.4 Å². The van der Waals surface area contributed by atoms with E-state index in [1.54, 1.807) is 0 Å². The number of nitriles is 3. The summed E-state index contributed by atoms with van der Waals surface area (Å²) in [6.07, 6.45) is 8.25. The lowest BCUT2D eigenvalue weighted by atomic mass is 9.45. The maximum atomic E-state index is 12.9. The number of allylic oxidation sites excluding steroid dienone is 2. The van der Waals surface area contributed by atoms with Crippen LogP contribution < -0.4 is 0 Å². The predicted octanol–water partition coefficient (Wildman–Crippen LogP) is 3.56. The van der Waals surface area contributed by atoms with E-state index in [4.69, 9.17) is 0 Å². The van der Waals surface area contributed by atoms with Gasteiger partial charge in [0.1, 0.15) is 6.07 Å². The Hall–Kier alpha value is -2.12. The van der Waals surface area contributed by atoms with Crippen molar-refractivity contribution in [1.29, 1.82) is 15.8 Å². The Morgan fingerprint density at radius 3 is 2.23 bits per heavy atom. The first kappa shape index (κ1) is 14.8. The molecule has 0 bridgehead atoms. The quantitative estimate of drug-likeness (QED) is 0.683. The molecule has 22 heavy (non-hydrogen) atoms. The summed E-state index contributed by atoms with van der Waals surface area (Å²) in [6.45, 7) is 0. The molecule has 0 aromatic carbocycles. The highest BCUT2D eigenvalue weighted by atomic mass is 16.1. The summed E-state index contributed by atoms with van der Waals surface area (Å²) in [6, 6.07) is 6.18. The molecule has 0 aromatic heterocycles. The van der Waals surface area contributed by atoms with Crippen LogP contribution in [0, 0.1) is 50.7 Å². The number of hydrogen-bond acceptors (Lipinski definition) is 4. The van der Waals surface area contributed by atoms with Crippen molar-refractivity contribution in [3.8, 4) is 18.2 Å². The molecule has 0 N–H and O–H groups in total. The first-order valence-electron chi connectivity index (χ1n) is 8.17. The standard InChI is InChI=1S/C18H19N3O/c19-10-14-13-6-2-3-7-15(13)17(8-4-1-5-9-17)18(11-20,12-21)16(14)22/h15H,1-9H2. The molecule has 1 atom stereocenters. The van der Waals surface area contributed by atoms with Crippen LogP contribution in [-0.2, 0) is 4.79 Å². The van der Waals surface area contributed by atoms with Crippen LogP contribution in [0.1, 0.15) is 57.8 Å². The maximum absolute atomic E-state index is 12.9. The molecule has 4 heteroatoms. The molecule has 0 aromatic rings. The number of carbonyl (C=O) groups is 1. The van der Waals surface area contributed by atoms with Crippen LogP contribution in [0.25, 0.3) is 0 Å². The van der Waals surface area contributed by atoms with Gasteiger partial charge in [-0.1, -0.05) is 25.7 Å². The number of rotatable bonds is 0. The number of nitrogens with zero attached hydrogens (tertiary/aromatic N) is 3. The van der Waals surface area contributed by atoms with E-state index in [1.807, 2.05) is 6.07 Å². The summed E-state index contributed by atoms with van der Waals surface area (Å²) in [5.41, 5.74) is -1.17. The van der Waals surface area contributed by atoms with Gasteiger partial charge in [-0.3, -0.25) is 4.79 Å². The summed E-state index contributed by atoms with van der Waals surface area (Å²) in [7, 11) is 0. The van der Waals surface area contributed by atoms with Gasteiger partial charge in [-0.15, -0.1) is 0 Å². The molecule has 3 aliphatic rings. The molecular weight excluding hydrogens is 274 g/mol. The second-order valence-electron chi connectivity index (χ2n) is 6.83. The van der Waals surface area contributed by atoms with Gasteiger partial charge in [0.15, 0.2) is 0 Å². The summed E-state index contributed by atoms with van der Waals surface area (Å²) in [4.78, 5) is 12.9. The van der Waals surface area contributed by atoms with Crippen molar-refractivity contribution in [2.24, 2.45) is 16.7 Å². The van der Waals surface area contributed by atoms with Crippen LogP contribution in [0.15, 0.2) is 11.1 Å². The molecule has 0 saturated heterocycles. The van der Waals surface area contributed by atoms with Gasteiger partial charge in [0, 0.05) is 5.41 Å². The molecule has 112 valence electrons. The number of fused-ring (bicyclic) bond motifs is 2. The third kappa shape index (κ3) is 1.63. The SMILES string of the molecule is N#CC1=C2CCCCC2C2(CCCCC2)C(C#N)(C#N)C1=O. The van der Waals surface area contributed by atoms with Gasteiger partial charge in [0.05, 0.1) is 17.7 Å². The Balaban J connectivity index is 2.29. The molecule has 2 fully saturated rings. The first-order chi connectivity index (χ1) is 10.7. The molecule has 3 rings (SSSR count). The van der Waals surface area contributed by atoms with E-state index in [1.165, 1.54) is 0 Å². The van der Waals surface area contributed by atoms with E-state index in [9.17, 15) is 20.6 Å². The van der Waals surface area contributed by atoms with E-state index in [0.29, 0.717) is 0 Å². The highest BCUT2D eigenvalue weighted by Crippen LogP contribution is 2.63. The van der Waals surface area contributed by atoms with E-state index >= 15 is 0 Å². The fourth-order valence-electron chi connectivity index (χ4n) is 5.12. The minimum absolute atomic E-state index is 0.0631. The van der Waals surface area contributed by atoms with Crippen molar-refractivity contribution in [2.75, 3.05) is 0 Å². The number of ketones is 1. The number of hydrogen-bond donors (Lipinski definition) is 0. The van der Waals surface area contributed by atoms with Crippen molar-refractivity contribution >= 4 is 5.78 Å². The molecule has 3 aliphatic carbocycles. The van der Waals surface area contributed by atoms with Crippen molar-refractivity contribution in [2.45, 2.75) is 57.8 Å². The summed E-state index contributed by atoms with van der Waals surface area (Å²) < 4.78 is 0. The average molecular weight is 293 g/mol. The summed E-state index contributed by atoms with van der Waals surface area (Å²) >= 11 is 0.